The van der Waals surface area contributed by atoms with Crippen molar-refractivity contribution in [3.05, 3.63) is 51.1 Å². The molecule has 1 aromatic heterocycles. The predicted molar refractivity (Wildman–Crippen MR) is 77.6 cm³/mol. The van der Waals surface area contributed by atoms with Crippen LogP contribution in [0.1, 0.15) is 9.67 Å². The Hall–Kier alpha value is -1.70. The van der Waals surface area contributed by atoms with Crippen molar-refractivity contribution in [1.82, 2.24) is 11.0 Å². The Kier molecular flexibility index (Phi) is 4.67. The fourth-order valence-corrected chi connectivity index (χ4v) is 2.92. The molecule has 0 saturated carbocycles. The molecule has 1 heterocycles. The Bertz CT molecular complexity index is 573. The van der Waals surface area contributed by atoms with Gasteiger partial charge in [-0.3, -0.25) is 15.0 Å². The van der Waals surface area contributed by atoms with Crippen molar-refractivity contribution in [3.8, 4) is 0 Å². The van der Waals surface area contributed by atoms with Crippen molar-refractivity contribution in [2.75, 3.05) is 5.01 Å². The molecule has 0 fully saturated rings. The maximum atomic E-state index is 12.4. The molecule has 0 spiro atoms. The monoisotopic (exact) mass is 339 g/mol. The molecule has 7 heteroatoms. The van der Waals surface area contributed by atoms with Gasteiger partial charge in [0.2, 0.25) is 6.41 Å². The van der Waals surface area contributed by atoms with Crippen LogP contribution in [0.3, 0.4) is 0 Å². The predicted octanol–water partition coefficient (Wildman–Crippen LogP) is 2.32. The summed E-state index contributed by atoms with van der Waals surface area (Å²) in [5.74, 6) is -0.262. The van der Waals surface area contributed by atoms with E-state index < -0.39 is 0 Å². The fraction of sp³-hybridized carbons (Fsp3) is 0. The molecular formula is C12H10BrN3O2S. The van der Waals surface area contributed by atoms with E-state index in [0.717, 1.165) is 4.47 Å². The molecule has 98 valence electrons. The van der Waals surface area contributed by atoms with Gasteiger partial charge in [0, 0.05) is 4.47 Å². The smallest absolute Gasteiger partial charge is 0.277 e. The molecule has 0 saturated heterocycles. The highest BCUT2D eigenvalue weighted by atomic mass is 79.9. The highest BCUT2D eigenvalue weighted by molar-refractivity contribution is 9.10. The summed E-state index contributed by atoms with van der Waals surface area (Å²) in [6.45, 7) is 0. The molecule has 19 heavy (non-hydrogen) atoms. The quantitative estimate of drug-likeness (QED) is 0.649. The molecule has 2 N–H and O–H groups in total. The molecule has 0 aliphatic rings. The van der Waals surface area contributed by atoms with Crippen LogP contribution < -0.4 is 16.0 Å². The van der Waals surface area contributed by atoms with E-state index in [0.29, 0.717) is 17.0 Å². The molecule has 2 aromatic rings. The summed E-state index contributed by atoms with van der Waals surface area (Å²) in [5, 5.41) is 3.08. The van der Waals surface area contributed by atoms with Crippen molar-refractivity contribution in [3.63, 3.8) is 0 Å². The lowest BCUT2D eigenvalue weighted by atomic mass is 10.3. The first-order chi connectivity index (χ1) is 9.24. The number of halogens is 1. The van der Waals surface area contributed by atoms with E-state index in [1.165, 1.54) is 16.3 Å². The summed E-state index contributed by atoms with van der Waals surface area (Å²) >= 11 is 4.64. The SMILES string of the molecule is O=CNNN(C(=O)c1sccc1Br)c1ccccc1. The number of benzene rings is 1. The van der Waals surface area contributed by atoms with Gasteiger partial charge < -0.3 is 0 Å². The van der Waals surface area contributed by atoms with Gasteiger partial charge >= 0.3 is 0 Å². The van der Waals surface area contributed by atoms with E-state index in [2.05, 4.69) is 26.9 Å². The summed E-state index contributed by atoms with van der Waals surface area (Å²) in [4.78, 5) is 23.4. The average Bonchev–Trinajstić information content (AvgIpc) is 2.86. The number of anilines is 1. The number of hydrazine groups is 2. The minimum absolute atomic E-state index is 0.262. The van der Waals surface area contributed by atoms with Crippen LogP contribution in [0.15, 0.2) is 46.3 Å². The largest absolute Gasteiger partial charge is 0.285 e. The Morgan fingerprint density at radius 2 is 2.00 bits per heavy atom. The number of nitrogens with one attached hydrogen (secondary N) is 2. The molecule has 0 radical (unpaired) electrons. The number of carbonyl (C=O) groups is 2. The highest BCUT2D eigenvalue weighted by Crippen LogP contribution is 2.25. The summed E-state index contributed by atoms with van der Waals surface area (Å²) < 4.78 is 0.719. The first-order valence-corrected chi connectivity index (χ1v) is 6.98. The molecule has 0 bridgehead atoms. The molecule has 5 nitrogen and oxygen atoms in total. The Labute approximate surface area is 122 Å². The third kappa shape index (κ3) is 3.19. The number of thiophene rings is 1. The van der Waals surface area contributed by atoms with E-state index in [4.69, 9.17) is 0 Å². The highest BCUT2D eigenvalue weighted by Gasteiger charge is 2.20. The molecular weight excluding hydrogens is 330 g/mol. The van der Waals surface area contributed by atoms with Gasteiger partial charge in [0.1, 0.15) is 4.88 Å². The number of nitrogens with zero attached hydrogens (tertiary/aromatic N) is 1. The van der Waals surface area contributed by atoms with Crippen LogP contribution in [0.5, 0.6) is 0 Å². The third-order valence-corrected chi connectivity index (χ3v) is 4.09. The van der Waals surface area contributed by atoms with Crippen LogP contribution in [0.4, 0.5) is 5.69 Å². The minimum Gasteiger partial charge on any atom is -0.277 e. The molecule has 0 atom stereocenters. The zero-order valence-electron chi connectivity index (χ0n) is 9.67. The normalized spacial score (nSPS) is 9.95. The summed E-state index contributed by atoms with van der Waals surface area (Å²) in [6, 6.07) is 10.8. The van der Waals surface area contributed by atoms with Gasteiger partial charge in [-0.1, -0.05) is 18.2 Å². The van der Waals surface area contributed by atoms with Gasteiger partial charge in [0.15, 0.2) is 0 Å². The number of rotatable bonds is 5. The van der Waals surface area contributed by atoms with Crippen LogP contribution in [0, 0.1) is 0 Å². The van der Waals surface area contributed by atoms with Gasteiger partial charge in [-0.25, -0.2) is 5.01 Å². The number of amides is 2. The van der Waals surface area contributed by atoms with E-state index >= 15 is 0 Å². The molecule has 0 aliphatic heterocycles. The van der Waals surface area contributed by atoms with E-state index in [-0.39, 0.29) is 5.91 Å². The summed E-state index contributed by atoms with van der Waals surface area (Å²) in [6.07, 6.45) is 0.465. The van der Waals surface area contributed by atoms with Crippen LogP contribution >= 0.6 is 27.3 Å². The van der Waals surface area contributed by atoms with Crippen LogP contribution in [-0.4, -0.2) is 12.3 Å². The molecule has 2 amide bonds. The average molecular weight is 340 g/mol. The van der Waals surface area contributed by atoms with Crippen molar-refractivity contribution in [2.45, 2.75) is 0 Å². The second kappa shape index (κ2) is 6.46. The topological polar surface area (TPSA) is 61.4 Å². The van der Waals surface area contributed by atoms with Crippen LogP contribution in [0.25, 0.3) is 0 Å². The van der Waals surface area contributed by atoms with Crippen molar-refractivity contribution in [2.24, 2.45) is 0 Å². The van der Waals surface area contributed by atoms with Gasteiger partial charge in [-0.2, -0.15) is 0 Å². The van der Waals surface area contributed by atoms with Crippen LogP contribution in [-0.2, 0) is 4.79 Å². The second-order valence-corrected chi connectivity index (χ2v) is 5.22. The number of hydrogen-bond donors (Lipinski definition) is 2. The lowest BCUT2D eigenvalue weighted by molar-refractivity contribution is -0.110. The van der Waals surface area contributed by atoms with E-state index in [1.54, 1.807) is 18.2 Å². The zero-order valence-corrected chi connectivity index (χ0v) is 12.1. The minimum atomic E-state index is -0.262. The van der Waals surface area contributed by atoms with Gasteiger partial charge in [-0.05, 0) is 39.5 Å². The van der Waals surface area contributed by atoms with Gasteiger partial charge in [-0.15, -0.1) is 16.9 Å². The standard InChI is InChI=1S/C12H10BrN3O2S/c13-10-6-7-19-11(10)12(18)16(15-14-8-17)9-4-2-1-3-5-9/h1-8,15H,(H,14,17). The molecule has 0 aliphatic carbocycles. The lowest BCUT2D eigenvalue weighted by Crippen LogP contribution is -2.50. The zero-order chi connectivity index (χ0) is 13.7. The van der Waals surface area contributed by atoms with Gasteiger partial charge in [0.05, 0.1) is 5.69 Å². The fourth-order valence-electron chi connectivity index (χ4n) is 1.45. The van der Waals surface area contributed by atoms with Gasteiger partial charge in [0.25, 0.3) is 5.91 Å². The van der Waals surface area contributed by atoms with Crippen molar-refractivity contribution < 1.29 is 9.59 Å². The Morgan fingerprint density at radius 3 is 2.58 bits per heavy atom. The lowest BCUT2D eigenvalue weighted by Gasteiger charge is -2.22. The first kappa shape index (κ1) is 13.7. The number of carbonyl (C=O) groups excluding carboxylic acids is 2. The molecule has 0 unspecified atom stereocenters. The number of hydrogen-bond acceptors (Lipinski definition) is 4. The van der Waals surface area contributed by atoms with Crippen LogP contribution in [0.2, 0.25) is 0 Å². The second-order valence-electron chi connectivity index (χ2n) is 3.45. The molecule has 2 rings (SSSR count). The summed E-state index contributed by atoms with van der Waals surface area (Å²) in [7, 11) is 0. The Morgan fingerprint density at radius 1 is 1.26 bits per heavy atom. The third-order valence-electron chi connectivity index (χ3n) is 2.26. The molecule has 1 aromatic carbocycles. The van der Waals surface area contributed by atoms with Crippen molar-refractivity contribution in [1.29, 1.82) is 0 Å². The maximum absolute atomic E-state index is 12.4. The maximum Gasteiger partial charge on any atom is 0.285 e. The first-order valence-electron chi connectivity index (χ1n) is 5.31. The number of para-hydroxylation sites is 1. The van der Waals surface area contributed by atoms with Crippen molar-refractivity contribution >= 4 is 45.3 Å². The Balaban J connectivity index is 2.30. The van der Waals surface area contributed by atoms with E-state index in [1.807, 2.05) is 23.6 Å². The summed E-state index contributed by atoms with van der Waals surface area (Å²) in [5.41, 5.74) is 5.45. The van der Waals surface area contributed by atoms with E-state index in [9.17, 15) is 9.59 Å².